The molecule has 0 aliphatic carbocycles. The standard InChI is InChI=1S/C6H9N3O6/c10-1-13-4-7-5(14-2-11)9-6(8-4)15-3-12/h10-12H,1-3H2. The van der Waals surface area contributed by atoms with Gasteiger partial charge in [0, 0.05) is 0 Å². The molecule has 15 heavy (non-hydrogen) atoms. The van der Waals surface area contributed by atoms with Crippen molar-refractivity contribution in [3.8, 4) is 18.0 Å². The monoisotopic (exact) mass is 219 g/mol. The van der Waals surface area contributed by atoms with E-state index in [1.807, 2.05) is 0 Å². The highest BCUT2D eigenvalue weighted by Gasteiger charge is 2.08. The van der Waals surface area contributed by atoms with E-state index in [1.165, 1.54) is 0 Å². The Morgan fingerprint density at radius 3 is 1.13 bits per heavy atom. The van der Waals surface area contributed by atoms with Crippen LogP contribution >= 0.6 is 0 Å². The average molecular weight is 219 g/mol. The van der Waals surface area contributed by atoms with E-state index in [4.69, 9.17) is 15.3 Å². The van der Waals surface area contributed by atoms with Crippen LogP contribution in [0.2, 0.25) is 0 Å². The molecule has 1 aromatic heterocycles. The van der Waals surface area contributed by atoms with E-state index in [1.54, 1.807) is 0 Å². The fourth-order valence-electron chi connectivity index (χ4n) is 0.687. The SMILES string of the molecule is OCOc1nc(OCO)nc(OCO)n1. The summed E-state index contributed by atoms with van der Waals surface area (Å²) in [7, 11) is 0. The Kier molecular flexibility index (Phi) is 4.47. The third kappa shape index (κ3) is 3.50. The second-order valence-electron chi connectivity index (χ2n) is 2.00. The van der Waals surface area contributed by atoms with Crippen LogP contribution in [0.4, 0.5) is 0 Å². The first-order chi connectivity index (χ1) is 7.30. The first-order valence-corrected chi connectivity index (χ1v) is 3.77. The number of ether oxygens (including phenoxy) is 3. The van der Waals surface area contributed by atoms with E-state index in [0.717, 1.165) is 0 Å². The van der Waals surface area contributed by atoms with Crippen molar-refractivity contribution in [2.45, 2.75) is 0 Å². The number of aromatic nitrogens is 3. The van der Waals surface area contributed by atoms with Crippen LogP contribution in [-0.4, -0.2) is 50.7 Å². The molecular weight excluding hydrogens is 210 g/mol. The normalized spacial score (nSPS) is 9.80. The number of rotatable bonds is 6. The summed E-state index contributed by atoms with van der Waals surface area (Å²) >= 11 is 0. The summed E-state index contributed by atoms with van der Waals surface area (Å²) in [6.45, 7) is -1.91. The topological polar surface area (TPSA) is 127 Å². The van der Waals surface area contributed by atoms with Gasteiger partial charge < -0.3 is 29.5 Å². The van der Waals surface area contributed by atoms with Crippen LogP contribution < -0.4 is 14.2 Å². The predicted octanol–water partition coefficient (Wildman–Crippen LogP) is -2.14. The summed E-state index contributed by atoms with van der Waals surface area (Å²) in [5.41, 5.74) is 0. The zero-order chi connectivity index (χ0) is 11.1. The van der Waals surface area contributed by atoms with Crippen molar-refractivity contribution in [3.63, 3.8) is 0 Å². The highest BCUT2D eigenvalue weighted by Crippen LogP contribution is 2.13. The zero-order valence-electron chi connectivity index (χ0n) is 7.53. The lowest BCUT2D eigenvalue weighted by Crippen LogP contribution is -2.08. The third-order valence-corrected chi connectivity index (χ3v) is 1.15. The largest absolute Gasteiger partial charge is 0.436 e. The lowest BCUT2D eigenvalue weighted by atomic mass is 10.9. The fourth-order valence-corrected chi connectivity index (χ4v) is 0.687. The molecule has 1 rings (SSSR count). The van der Waals surface area contributed by atoms with Crippen LogP contribution in [0.1, 0.15) is 0 Å². The molecule has 0 radical (unpaired) electrons. The summed E-state index contributed by atoms with van der Waals surface area (Å²) in [5, 5.41) is 25.4. The van der Waals surface area contributed by atoms with E-state index >= 15 is 0 Å². The van der Waals surface area contributed by atoms with Crippen molar-refractivity contribution < 1.29 is 29.5 Å². The maximum Gasteiger partial charge on any atom is 0.327 e. The molecule has 0 spiro atoms. The summed E-state index contributed by atoms with van der Waals surface area (Å²) in [4.78, 5) is 10.6. The van der Waals surface area contributed by atoms with Gasteiger partial charge in [-0.05, 0) is 0 Å². The quantitative estimate of drug-likeness (QED) is 0.459. The van der Waals surface area contributed by atoms with Crippen molar-refractivity contribution >= 4 is 0 Å². The molecule has 1 aromatic rings. The van der Waals surface area contributed by atoms with Crippen LogP contribution in [0.5, 0.6) is 18.0 Å². The van der Waals surface area contributed by atoms with Gasteiger partial charge in [-0.2, -0.15) is 0 Å². The Morgan fingerprint density at radius 2 is 0.933 bits per heavy atom. The molecule has 0 atom stereocenters. The van der Waals surface area contributed by atoms with Crippen molar-refractivity contribution in [1.29, 1.82) is 0 Å². The van der Waals surface area contributed by atoms with E-state index in [-0.39, 0.29) is 18.0 Å². The third-order valence-electron chi connectivity index (χ3n) is 1.15. The molecule has 0 aromatic carbocycles. The number of aliphatic hydroxyl groups excluding tert-OH is 3. The van der Waals surface area contributed by atoms with Crippen LogP contribution in [0.15, 0.2) is 0 Å². The fraction of sp³-hybridized carbons (Fsp3) is 0.500. The van der Waals surface area contributed by atoms with Gasteiger partial charge in [0.1, 0.15) is 0 Å². The van der Waals surface area contributed by atoms with Gasteiger partial charge in [-0.3, -0.25) is 0 Å². The molecule has 0 fully saturated rings. The number of hydrogen-bond donors (Lipinski definition) is 3. The minimum Gasteiger partial charge on any atom is -0.436 e. The summed E-state index contributed by atoms with van der Waals surface area (Å²) in [6, 6.07) is -0.752. The van der Waals surface area contributed by atoms with Crippen LogP contribution in [-0.2, 0) is 0 Å². The Balaban J connectivity index is 2.86. The molecule has 0 saturated carbocycles. The lowest BCUT2D eigenvalue weighted by molar-refractivity contribution is 0.0645. The Labute approximate surface area is 83.9 Å². The molecule has 0 aliphatic heterocycles. The van der Waals surface area contributed by atoms with Crippen molar-refractivity contribution in [1.82, 2.24) is 15.0 Å². The molecule has 9 nitrogen and oxygen atoms in total. The van der Waals surface area contributed by atoms with Crippen LogP contribution in [0.25, 0.3) is 0 Å². The van der Waals surface area contributed by atoms with Gasteiger partial charge in [-0.15, -0.1) is 15.0 Å². The highest BCUT2D eigenvalue weighted by molar-refractivity contribution is 5.08. The van der Waals surface area contributed by atoms with E-state index in [9.17, 15) is 0 Å². The molecule has 0 bridgehead atoms. The van der Waals surface area contributed by atoms with Gasteiger partial charge in [0.25, 0.3) is 0 Å². The lowest BCUT2D eigenvalue weighted by Gasteiger charge is -2.05. The van der Waals surface area contributed by atoms with Gasteiger partial charge in [0.2, 0.25) is 0 Å². The Morgan fingerprint density at radius 1 is 0.667 bits per heavy atom. The maximum absolute atomic E-state index is 8.46. The van der Waals surface area contributed by atoms with Gasteiger partial charge in [-0.1, -0.05) is 0 Å². The molecule has 84 valence electrons. The summed E-state index contributed by atoms with van der Waals surface area (Å²) in [5.74, 6) is 0. The summed E-state index contributed by atoms with van der Waals surface area (Å²) < 4.78 is 13.6. The minimum atomic E-state index is -0.638. The van der Waals surface area contributed by atoms with Gasteiger partial charge in [0.05, 0.1) is 0 Å². The van der Waals surface area contributed by atoms with E-state index < -0.39 is 20.4 Å². The van der Waals surface area contributed by atoms with Crippen molar-refractivity contribution in [3.05, 3.63) is 0 Å². The molecule has 0 amide bonds. The van der Waals surface area contributed by atoms with Crippen LogP contribution in [0.3, 0.4) is 0 Å². The molecular formula is C6H9N3O6. The van der Waals surface area contributed by atoms with Gasteiger partial charge >= 0.3 is 18.0 Å². The summed E-state index contributed by atoms with van der Waals surface area (Å²) in [6.07, 6.45) is 0. The molecule has 1 heterocycles. The van der Waals surface area contributed by atoms with E-state index in [2.05, 4.69) is 29.2 Å². The average Bonchev–Trinajstić information content (AvgIpc) is 2.19. The second kappa shape index (κ2) is 5.90. The zero-order valence-corrected chi connectivity index (χ0v) is 7.53. The number of aliphatic hydroxyl groups is 3. The van der Waals surface area contributed by atoms with Gasteiger partial charge in [-0.25, -0.2) is 0 Å². The van der Waals surface area contributed by atoms with Gasteiger partial charge in [0.15, 0.2) is 20.4 Å². The molecule has 0 saturated heterocycles. The van der Waals surface area contributed by atoms with Crippen molar-refractivity contribution in [2.24, 2.45) is 0 Å². The number of nitrogens with zero attached hydrogens (tertiary/aromatic N) is 3. The molecule has 3 N–H and O–H groups in total. The maximum atomic E-state index is 8.46. The Bertz CT molecular complexity index is 249. The first-order valence-electron chi connectivity index (χ1n) is 3.77. The first kappa shape index (κ1) is 11.4. The molecule has 0 unspecified atom stereocenters. The predicted molar refractivity (Wildman–Crippen MR) is 43.0 cm³/mol. The second-order valence-corrected chi connectivity index (χ2v) is 2.00. The Hall–Kier alpha value is -1.71. The van der Waals surface area contributed by atoms with Crippen molar-refractivity contribution in [2.75, 3.05) is 20.4 Å². The number of hydrogen-bond acceptors (Lipinski definition) is 9. The smallest absolute Gasteiger partial charge is 0.327 e. The van der Waals surface area contributed by atoms with E-state index in [0.29, 0.717) is 0 Å². The minimum absolute atomic E-state index is 0.251. The highest BCUT2D eigenvalue weighted by atomic mass is 16.6. The van der Waals surface area contributed by atoms with Crippen LogP contribution in [0, 0.1) is 0 Å². The molecule has 0 aliphatic rings. The molecule has 9 heteroatoms.